The van der Waals surface area contributed by atoms with Crippen molar-refractivity contribution >= 4 is 66.8 Å². The number of nitrogens with two attached hydrogens (primary N) is 2. The third-order valence-electron chi connectivity index (χ3n) is 4.14. The number of benzene rings is 1. The third-order valence-corrected chi connectivity index (χ3v) is 6.76. The van der Waals surface area contributed by atoms with Gasteiger partial charge in [-0.2, -0.15) is 0 Å². The Morgan fingerprint density at radius 2 is 1.74 bits per heavy atom. The Morgan fingerprint density at radius 3 is 2.26 bits per heavy atom. The minimum Gasteiger partial charge on any atom is -0.376 e. The van der Waals surface area contributed by atoms with Gasteiger partial charge in [-0.15, -0.1) is 0 Å². The first-order valence-corrected chi connectivity index (χ1v) is 12.7. The molecule has 0 fully saturated rings. The number of halogens is 1. The van der Waals surface area contributed by atoms with E-state index in [0.29, 0.717) is 5.13 Å². The summed E-state index contributed by atoms with van der Waals surface area (Å²) in [5.41, 5.74) is 8.46. The molecule has 0 amide bonds. The number of hydrogen-bond donors (Lipinski definition) is 4. The summed E-state index contributed by atoms with van der Waals surface area (Å²) in [6.07, 6.45) is 6.73. The van der Waals surface area contributed by atoms with E-state index >= 15 is 0 Å². The molecule has 3 aromatic heterocycles. The average molecular weight is 534 g/mol. The van der Waals surface area contributed by atoms with E-state index in [-0.39, 0.29) is 15.0 Å². The number of aryl methyl sites for hydroxylation is 1. The first kappa shape index (κ1) is 25.5. The minimum absolute atomic E-state index is 0.0876. The highest BCUT2D eigenvalue weighted by Gasteiger charge is 2.16. The van der Waals surface area contributed by atoms with E-state index in [4.69, 9.17) is 22.5 Å². The predicted molar refractivity (Wildman–Crippen MR) is 141 cm³/mol. The molecule has 0 bridgehead atoms. The topological polar surface area (TPSA) is 149 Å². The molecule has 3 heterocycles. The number of hydrogen-bond acceptors (Lipinski definition) is 8. The first-order valence-electron chi connectivity index (χ1n) is 9.57. The van der Waals surface area contributed by atoms with Crippen LogP contribution in [0.1, 0.15) is 5.69 Å². The van der Waals surface area contributed by atoms with Crippen LogP contribution in [0.3, 0.4) is 0 Å². The van der Waals surface area contributed by atoms with Gasteiger partial charge in [-0.05, 0) is 61.1 Å². The lowest BCUT2D eigenvalue weighted by molar-refractivity contribution is 0.598. The van der Waals surface area contributed by atoms with Crippen molar-refractivity contribution in [3.05, 3.63) is 78.0 Å². The van der Waals surface area contributed by atoms with Gasteiger partial charge >= 0.3 is 0 Å². The van der Waals surface area contributed by atoms with Crippen LogP contribution in [0.25, 0.3) is 10.4 Å². The number of thiazole rings is 1. The molecule has 0 saturated carbocycles. The standard InChI is InChI=1S/C15H13ClN4O2S2.C6H7N3S/c1-9-14(10-4-5-13(12(16)7-10)24(17,21)22)23-15(19-9)20-11-3-2-6-18-8-11;7-6(10)9-5-2-1-3-8-4-5/h2-8H,1H3,(H,19,20)(H2,17,21,22);1-4H,(H3,7,9,10). The summed E-state index contributed by atoms with van der Waals surface area (Å²) >= 11 is 12.1. The van der Waals surface area contributed by atoms with Crippen LogP contribution in [0.15, 0.2) is 72.1 Å². The van der Waals surface area contributed by atoms with Gasteiger partial charge in [-0.1, -0.05) is 29.0 Å². The molecule has 9 nitrogen and oxygen atoms in total. The van der Waals surface area contributed by atoms with Gasteiger partial charge in [0, 0.05) is 12.4 Å². The molecular weight excluding hydrogens is 514 g/mol. The van der Waals surface area contributed by atoms with Crippen molar-refractivity contribution in [1.82, 2.24) is 15.0 Å². The van der Waals surface area contributed by atoms with Crippen molar-refractivity contribution in [1.29, 1.82) is 0 Å². The van der Waals surface area contributed by atoms with Gasteiger partial charge in [-0.25, -0.2) is 18.5 Å². The second kappa shape index (κ2) is 11.3. The summed E-state index contributed by atoms with van der Waals surface area (Å²) in [5, 5.41) is 12.1. The molecule has 0 aliphatic carbocycles. The molecule has 0 radical (unpaired) electrons. The quantitative estimate of drug-likeness (QED) is 0.275. The normalized spacial score (nSPS) is 10.7. The lowest BCUT2D eigenvalue weighted by atomic mass is 10.2. The molecule has 1 aromatic carbocycles. The number of rotatable bonds is 5. The number of primary sulfonamides is 1. The Balaban J connectivity index is 0.000000271. The predicted octanol–water partition coefficient (Wildman–Crippen LogP) is 4.30. The number of aromatic nitrogens is 3. The van der Waals surface area contributed by atoms with Crippen LogP contribution in [-0.2, 0) is 10.0 Å². The lowest BCUT2D eigenvalue weighted by Crippen LogP contribution is -2.18. The number of nitrogens with zero attached hydrogens (tertiary/aromatic N) is 3. The Labute approximate surface area is 211 Å². The Bertz CT molecular complexity index is 1380. The van der Waals surface area contributed by atoms with E-state index in [1.54, 1.807) is 43.0 Å². The van der Waals surface area contributed by atoms with Gasteiger partial charge in [0.05, 0.1) is 39.4 Å². The molecule has 176 valence electrons. The van der Waals surface area contributed by atoms with Gasteiger partial charge in [0.25, 0.3) is 0 Å². The van der Waals surface area contributed by atoms with Gasteiger partial charge in [0.15, 0.2) is 10.2 Å². The number of nitrogens with one attached hydrogen (secondary N) is 2. The Kier molecular flexibility index (Phi) is 8.47. The van der Waals surface area contributed by atoms with E-state index in [2.05, 4.69) is 37.8 Å². The highest BCUT2D eigenvalue weighted by atomic mass is 35.5. The van der Waals surface area contributed by atoms with E-state index in [1.165, 1.54) is 17.4 Å². The summed E-state index contributed by atoms with van der Waals surface area (Å²) in [4.78, 5) is 13.2. The maximum absolute atomic E-state index is 11.4. The highest BCUT2D eigenvalue weighted by molar-refractivity contribution is 7.89. The Hall–Kier alpha value is -3.16. The van der Waals surface area contributed by atoms with Gasteiger partial charge < -0.3 is 16.4 Å². The summed E-state index contributed by atoms with van der Waals surface area (Å²) in [7, 11) is -3.84. The summed E-state index contributed by atoms with van der Waals surface area (Å²) in [6.45, 7) is 1.88. The van der Waals surface area contributed by atoms with Crippen molar-refractivity contribution in [2.24, 2.45) is 10.9 Å². The van der Waals surface area contributed by atoms with Crippen LogP contribution >= 0.6 is 35.2 Å². The fraction of sp³-hybridized carbons (Fsp3) is 0.0476. The largest absolute Gasteiger partial charge is 0.376 e. The van der Waals surface area contributed by atoms with Crippen LogP contribution in [0.2, 0.25) is 5.02 Å². The molecule has 13 heteroatoms. The zero-order valence-electron chi connectivity index (χ0n) is 17.8. The average Bonchev–Trinajstić information content (AvgIpc) is 3.14. The van der Waals surface area contributed by atoms with Crippen LogP contribution < -0.4 is 21.5 Å². The maximum Gasteiger partial charge on any atom is 0.239 e. The Morgan fingerprint density at radius 1 is 1.09 bits per heavy atom. The van der Waals surface area contributed by atoms with E-state index in [9.17, 15) is 8.42 Å². The molecule has 4 rings (SSSR count). The summed E-state index contributed by atoms with van der Waals surface area (Å²) in [6, 6.07) is 12.0. The van der Waals surface area contributed by atoms with Crippen molar-refractivity contribution in [2.75, 3.05) is 10.6 Å². The molecule has 34 heavy (non-hydrogen) atoms. The van der Waals surface area contributed by atoms with E-state index in [1.807, 2.05) is 25.1 Å². The van der Waals surface area contributed by atoms with Crippen LogP contribution in [-0.4, -0.2) is 28.5 Å². The molecule has 0 unspecified atom stereocenters. The first-order chi connectivity index (χ1) is 16.1. The van der Waals surface area contributed by atoms with Crippen molar-refractivity contribution in [3.8, 4) is 10.4 Å². The second-order valence-corrected chi connectivity index (χ2v) is 10.1. The number of sulfonamides is 1. The lowest BCUT2D eigenvalue weighted by Gasteiger charge is -2.04. The van der Waals surface area contributed by atoms with Crippen LogP contribution in [0, 0.1) is 6.92 Å². The van der Waals surface area contributed by atoms with Crippen molar-refractivity contribution in [3.63, 3.8) is 0 Å². The molecule has 0 aliphatic heterocycles. The fourth-order valence-electron chi connectivity index (χ4n) is 2.73. The smallest absolute Gasteiger partial charge is 0.239 e. The van der Waals surface area contributed by atoms with Gasteiger partial charge in [0.1, 0.15) is 4.90 Å². The SMILES string of the molecule is Cc1nc(Nc2cccnc2)sc1-c1ccc(S(N)(=O)=O)c(Cl)c1.NC(=S)Nc1cccnc1. The van der Waals surface area contributed by atoms with Crippen LogP contribution in [0.5, 0.6) is 0 Å². The second-order valence-electron chi connectivity index (χ2n) is 6.72. The number of pyridine rings is 2. The van der Waals surface area contributed by atoms with Crippen LogP contribution in [0.4, 0.5) is 16.5 Å². The molecule has 6 N–H and O–H groups in total. The molecular formula is C21H20ClN7O2S3. The highest BCUT2D eigenvalue weighted by Crippen LogP contribution is 2.36. The van der Waals surface area contributed by atoms with E-state index in [0.717, 1.165) is 27.5 Å². The van der Waals surface area contributed by atoms with Gasteiger partial charge in [0.2, 0.25) is 10.0 Å². The van der Waals surface area contributed by atoms with E-state index < -0.39 is 10.0 Å². The van der Waals surface area contributed by atoms with Crippen molar-refractivity contribution < 1.29 is 8.42 Å². The monoisotopic (exact) mass is 533 g/mol. The molecule has 0 spiro atoms. The summed E-state index contributed by atoms with van der Waals surface area (Å²) < 4.78 is 22.9. The fourth-order valence-corrected chi connectivity index (χ4v) is 4.92. The maximum atomic E-state index is 11.4. The minimum atomic E-state index is -3.84. The molecule has 0 aliphatic rings. The zero-order valence-corrected chi connectivity index (χ0v) is 21.0. The molecule has 0 saturated heterocycles. The molecule has 0 atom stereocenters. The number of anilines is 3. The summed E-state index contributed by atoms with van der Waals surface area (Å²) in [5.74, 6) is 0. The van der Waals surface area contributed by atoms with Gasteiger partial charge in [-0.3, -0.25) is 9.97 Å². The van der Waals surface area contributed by atoms with Crippen molar-refractivity contribution in [2.45, 2.75) is 11.8 Å². The third kappa shape index (κ3) is 7.17. The zero-order chi connectivity index (χ0) is 24.7. The molecule has 4 aromatic rings. The number of thiocarbonyl (C=S) groups is 1.